The van der Waals surface area contributed by atoms with Crippen molar-refractivity contribution in [1.29, 1.82) is 0 Å². The molecule has 0 aliphatic carbocycles. The molecule has 0 saturated carbocycles. The quantitative estimate of drug-likeness (QED) is 0.539. The Morgan fingerprint density at radius 2 is 2.28 bits per heavy atom. The largest absolute Gasteiger partial charge is 0.403 e. The zero-order valence-corrected chi connectivity index (χ0v) is 14.7. The topological polar surface area (TPSA) is 97.5 Å². The summed E-state index contributed by atoms with van der Waals surface area (Å²) in [6.45, 7) is 3.82. The first-order valence-electron chi connectivity index (χ1n) is 7.89. The third kappa shape index (κ3) is 3.85. The molecule has 3 heterocycles. The number of thiophene rings is 1. The Kier molecular flexibility index (Phi) is 5.08. The summed E-state index contributed by atoms with van der Waals surface area (Å²) >= 11 is 1.54. The minimum Gasteiger partial charge on any atom is -0.403 e. The Morgan fingerprint density at radius 1 is 1.44 bits per heavy atom. The van der Waals surface area contributed by atoms with Crippen molar-refractivity contribution in [2.24, 2.45) is 5.16 Å². The fourth-order valence-electron chi connectivity index (χ4n) is 2.37. The Labute approximate surface area is 147 Å². The second-order valence-electron chi connectivity index (χ2n) is 5.53. The van der Waals surface area contributed by atoms with Crippen molar-refractivity contribution < 1.29 is 9.25 Å². The lowest BCUT2D eigenvalue weighted by molar-refractivity contribution is 0.311. The number of unbranched alkanes of at least 4 members (excludes halogenated alkanes) is 1. The molecule has 0 aromatic carbocycles. The van der Waals surface area contributed by atoms with Crippen molar-refractivity contribution in [3.63, 3.8) is 0 Å². The molecule has 0 aliphatic rings. The molecule has 7 nitrogen and oxygen atoms in total. The van der Waals surface area contributed by atoms with Crippen molar-refractivity contribution in [3.05, 3.63) is 54.8 Å². The van der Waals surface area contributed by atoms with Crippen LogP contribution in [0.4, 0.5) is 0 Å². The van der Waals surface area contributed by atoms with Crippen LogP contribution < -0.4 is 16.0 Å². The number of hydrogen-bond donors (Lipinski definition) is 1. The lowest BCUT2D eigenvalue weighted by Crippen LogP contribution is -2.14. The Bertz CT molecular complexity index is 1020. The highest BCUT2D eigenvalue weighted by molar-refractivity contribution is 7.08. The van der Waals surface area contributed by atoms with E-state index in [1.165, 1.54) is 6.07 Å². The van der Waals surface area contributed by atoms with E-state index in [4.69, 9.17) is 9.25 Å². The molecule has 1 N–H and O–H groups in total. The lowest BCUT2D eigenvalue weighted by Gasteiger charge is -2.04. The van der Waals surface area contributed by atoms with Gasteiger partial charge in [0, 0.05) is 11.6 Å². The van der Waals surface area contributed by atoms with Gasteiger partial charge in [-0.15, -0.1) is 0 Å². The molecule has 0 bridgehead atoms. The number of oxime groups is 1. The number of hydrogen-bond acceptors (Lipinski definition) is 7. The van der Waals surface area contributed by atoms with Crippen LogP contribution in [0, 0.1) is 0 Å². The van der Waals surface area contributed by atoms with Gasteiger partial charge in [0.1, 0.15) is 5.39 Å². The normalized spacial score (nSPS) is 11.8. The number of aromatic amines is 1. The van der Waals surface area contributed by atoms with Crippen molar-refractivity contribution >= 4 is 28.1 Å². The third-order valence-corrected chi connectivity index (χ3v) is 4.37. The number of aromatic nitrogens is 2. The molecule has 0 aliphatic heterocycles. The molecule has 8 heteroatoms. The van der Waals surface area contributed by atoms with Gasteiger partial charge in [0.15, 0.2) is 0 Å². The van der Waals surface area contributed by atoms with Gasteiger partial charge in [-0.25, -0.2) is 4.79 Å². The van der Waals surface area contributed by atoms with E-state index in [0.29, 0.717) is 17.7 Å². The monoisotopic (exact) mass is 359 g/mol. The third-order valence-electron chi connectivity index (χ3n) is 3.68. The number of aryl methyl sites for hydroxylation is 1. The van der Waals surface area contributed by atoms with Gasteiger partial charge in [0.25, 0.3) is 5.56 Å². The molecule has 0 atom stereocenters. The number of H-pyrrole nitrogens is 1. The van der Waals surface area contributed by atoms with Gasteiger partial charge in [-0.2, -0.15) is 16.3 Å². The second-order valence-corrected chi connectivity index (χ2v) is 6.31. The standard InChI is InChI=1S/C17H17N3O4S/c1-3-4-5-11-8-13(21)23-16-14(11)15(22)18-17(19-16)24-20-10(2)12-6-7-25-9-12/h6-9H,3-5H2,1-2H3,(H,18,19,22). The summed E-state index contributed by atoms with van der Waals surface area (Å²) < 4.78 is 5.07. The highest BCUT2D eigenvalue weighted by atomic mass is 32.1. The SMILES string of the molecule is CCCCc1cc(=O)oc2nc(ON=C(C)c3ccsc3)[nH]c(=O)c12. The smallest absolute Gasteiger partial charge is 0.337 e. The maximum Gasteiger partial charge on any atom is 0.337 e. The number of rotatable bonds is 6. The number of fused-ring (bicyclic) bond motifs is 1. The molecule has 3 aromatic heterocycles. The second kappa shape index (κ2) is 7.43. The van der Waals surface area contributed by atoms with E-state index < -0.39 is 11.2 Å². The Balaban J connectivity index is 1.98. The van der Waals surface area contributed by atoms with Crippen LogP contribution in [0.15, 0.2) is 42.1 Å². The maximum absolute atomic E-state index is 12.4. The van der Waals surface area contributed by atoms with E-state index in [1.54, 1.807) is 18.3 Å². The van der Waals surface area contributed by atoms with Crippen LogP contribution in [0.1, 0.15) is 37.8 Å². The van der Waals surface area contributed by atoms with Crippen LogP contribution in [0.2, 0.25) is 0 Å². The Morgan fingerprint density at radius 3 is 3.00 bits per heavy atom. The molecule has 0 spiro atoms. The summed E-state index contributed by atoms with van der Waals surface area (Å²) in [5.41, 5.74) is 1.19. The molecule has 0 fully saturated rings. The van der Waals surface area contributed by atoms with E-state index in [0.717, 1.165) is 18.4 Å². The average molecular weight is 359 g/mol. The average Bonchev–Trinajstić information content (AvgIpc) is 3.11. The summed E-state index contributed by atoms with van der Waals surface area (Å²) in [5, 5.41) is 8.08. The number of nitrogens with zero attached hydrogens (tertiary/aromatic N) is 2. The van der Waals surface area contributed by atoms with E-state index in [-0.39, 0.29) is 17.1 Å². The molecule has 130 valence electrons. The zero-order chi connectivity index (χ0) is 17.8. The van der Waals surface area contributed by atoms with E-state index in [1.807, 2.05) is 23.8 Å². The predicted octanol–water partition coefficient (Wildman–Crippen LogP) is 3.08. The van der Waals surface area contributed by atoms with Crippen molar-refractivity contribution in [1.82, 2.24) is 9.97 Å². The summed E-state index contributed by atoms with van der Waals surface area (Å²) in [5.74, 6) is 0. The van der Waals surface area contributed by atoms with E-state index >= 15 is 0 Å². The van der Waals surface area contributed by atoms with Gasteiger partial charge in [-0.1, -0.05) is 18.5 Å². The molecule has 0 amide bonds. The Hall–Kier alpha value is -2.74. The van der Waals surface area contributed by atoms with Crippen molar-refractivity contribution in [2.45, 2.75) is 33.1 Å². The molecule has 0 radical (unpaired) electrons. The fourth-order valence-corrected chi connectivity index (χ4v) is 3.07. The van der Waals surface area contributed by atoms with Gasteiger partial charge in [-0.3, -0.25) is 9.78 Å². The van der Waals surface area contributed by atoms with Crippen LogP contribution in [0.5, 0.6) is 6.01 Å². The summed E-state index contributed by atoms with van der Waals surface area (Å²) in [7, 11) is 0. The van der Waals surface area contributed by atoms with Gasteiger partial charge >= 0.3 is 11.6 Å². The molecule has 0 unspecified atom stereocenters. The molecule has 0 saturated heterocycles. The van der Waals surface area contributed by atoms with E-state index in [9.17, 15) is 9.59 Å². The molecule has 25 heavy (non-hydrogen) atoms. The van der Waals surface area contributed by atoms with Gasteiger partial charge < -0.3 is 9.25 Å². The number of nitrogens with one attached hydrogen (secondary N) is 1. The van der Waals surface area contributed by atoms with E-state index in [2.05, 4.69) is 15.1 Å². The first kappa shape index (κ1) is 17.1. The van der Waals surface area contributed by atoms with Crippen LogP contribution in [-0.2, 0) is 6.42 Å². The first-order valence-corrected chi connectivity index (χ1v) is 8.84. The van der Waals surface area contributed by atoms with Crippen LogP contribution in [-0.4, -0.2) is 15.7 Å². The van der Waals surface area contributed by atoms with Crippen LogP contribution in [0.3, 0.4) is 0 Å². The predicted molar refractivity (Wildman–Crippen MR) is 96.7 cm³/mol. The molecule has 3 rings (SSSR count). The minimum atomic E-state index is -0.541. The molecular formula is C17H17N3O4S. The minimum absolute atomic E-state index is 0.0410. The zero-order valence-electron chi connectivity index (χ0n) is 13.9. The summed E-state index contributed by atoms with van der Waals surface area (Å²) in [6.07, 6.45) is 2.42. The molecule has 3 aromatic rings. The summed E-state index contributed by atoms with van der Waals surface area (Å²) in [4.78, 5) is 35.9. The summed E-state index contributed by atoms with van der Waals surface area (Å²) in [6, 6.07) is 3.12. The molecular weight excluding hydrogens is 342 g/mol. The van der Waals surface area contributed by atoms with Gasteiger partial charge in [-0.05, 0) is 42.2 Å². The van der Waals surface area contributed by atoms with Crippen molar-refractivity contribution in [2.75, 3.05) is 0 Å². The first-order chi connectivity index (χ1) is 12.1. The van der Waals surface area contributed by atoms with Crippen LogP contribution >= 0.6 is 11.3 Å². The fraction of sp³-hybridized carbons (Fsp3) is 0.294. The highest BCUT2D eigenvalue weighted by Gasteiger charge is 2.13. The van der Waals surface area contributed by atoms with Gasteiger partial charge in [0.05, 0.1) is 5.71 Å². The maximum atomic E-state index is 12.4. The van der Waals surface area contributed by atoms with Crippen LogP contribution in [0.25, 0.3) is 11.1 Å². The van der Waals surface area contributed by atoms with Crippen molar-refractivity contribution in [3.8, 4) is 6.01 Å². The lowest BCUT2D eigenvalue weighted by atomic mass is 10.1. The van der Waals surface area contributed by atoms with Gasteiger partial charge in [0.2, 0.25) is 5.71 Å². The highest BCUT2D eigenvalue weighted by Crippen LogP contribution is 2.15.